The van der Waals surface area contributed by atoms with Gasteiger partial charge in [-0.3, -0.25) is 23.9 Å². The number of fused-ring (bicyclic) bond motifs is 3. The number of sulfonamides is 1. The fraction of sp³-hybridized carbons (Fsp3) is 0.622. The van der Waals surface area contributed by atoms with Crippen LogP contribution in [0.15, 0.2) is 35.7 Å². The molecule has 5 aliphatic rings. The molecule has 3 fully saturated rings. The minimum absolute atomic E-state index is 0.0943. The molecule has 2 aromatic rings. The van der Waals surface area contributed by atoms with Crippen LogP contribution in [0.3, 0.4) is 0 Å². The zero-order valence-corrected chi connectivity index (χ0v) is 32.1. The minimum Gasteiger partial charge on any atom is -0.350 e. The number of carbonyl (C=O) groups is 3. The van der Waals surface area contributed by atoms with Crippen LogP contribution in [0.1, 0.15) is 95.4 Å². The standard InChI is InChI=1S/C37H49FN6O7S2/c1-36(2,3)31-21-52-35(40-31)39-29-13-8-6-4-5-7-11-24-17-37(24,34(47)42-53(48,49)26-14-15-26)41-32(45)30-16-25(19-44(30)33(29)46)50-22-51-43-18-23-10-9-12-28(38)27(23)20-43/h7,9-12,21,24-26,29-30H,4-6,8,13-20,22H2,1-3H3,(H,39,40)(H,41,45)(H,42,47)/b11-7-/t24-,25-,29+,30+,37-/m1/s1. The number of benzene rings is 1. The molecule has 0 spiro atoms. The third-order valence-corrected chi connectivity index (χ3v) is 13.4. The van der Waals surface area contributed by atoms with Crippen LogP contribution in [0.25, 0.3) is 0 Å². The first-order valence-corrected chi connectivity index (χ1v) is 21.0. The summed E-state index contributed by atoms with van der Waals surface area (Å²) in [5.41, 5.74) is 0.694. The van der Waals surface area contributed by atoms with Crippen molar-refractivity contribution in [2.75, 3.05) is 18.7 Å². The van der Waals surface area contributed by atoms with E-state index in [1.54, 1.807) is 11.1 Å². The molecule has 13 nitrogen and oxygen atoms in total. The number of hydroxylamine groups is 2. The van der Waals surface area contributed by atoms with Crippen molar-refractivity contribution in [1.82, 2.24) is 25.0 Å². The molecule has 4 heterocycles. The summed E-state index contributed by atoms with van der Waals surface area (Å²) >= 11 is 1.43. The van der Waals surface area contributed by atoms with Crippen molar-refractivity contribution in [2.45, 2.75) is 126 Å². The highest BCUT2D eigenvalue weighted by Gasteiger charge is 2.62. The van der Waals surface area contributed by atoms with Gasteiger partial charge < -0.3 is 20.3 Å². The topological polar surface area (TPSA) is 159 Å². The molecular formula is C37H49FN6O7S2. The van der Waals surface area contributed by atoms with Crippen molar-refractivity contribution in [3.8, 4) is 0 Å². The van der Waals surface area contributed by atoms with E-state index in [0.29, 0.717) is 36.5 Å². The molecule has 3 amide bonds. The first kappa shape index (κ1) is 37.9. The number of anilines is 1. The highest BCUT2D eigenvalue weighted by molar-refractivity contribution is 7.91. The average molecular weight is 773 g/mol. The van der Waals surface area contributed by atoms with Gasteiger partial charge in [-0.15, -0.1) is 11.3 Å². The van der Waals surface area contributed by atoms with E-state index in [0.717, 1.165) is 36.9 Å². The molecule has 2 aliphatic carbocycles. The second-order valence-corrected chi connectivity index (χ2v) is 18.8. The largest absolute Gasteiger partial charge is 0.350 e. The maximum atomic E-state index is 14.5. The Hall–Kier alpha value is -3.44. The first-order valence-electron chi connectivity index (χ1n) is 18.6. The Bertz CT molecular complexity index is 1860. The van der Waals surface area contributed by atoms with Gasteiger partial charge in [0.2, 0.25) is 21.8 Å². The number of allylic oxidation sites excluding steroid dienone is 1. The predicted octanol–water partition coefficient (Wildman–Crippen LogP) is 4.25. The number of hydrogen-bond acceptors (Lipinski definition) is 11. The number of aromatic nitrogens is 1. The van der Waals surface area contributed by atoms with E-state index in [1.807, 2.05) is 23.6 Å². The van der Waals surface area contributed by atoms with E-state index < -0.39 is 50.8 Å². The second kappa shape index (κ2) is 15.0. The van der Waals surface area contributed by atoms with Crippen molar-refractivity contribution in [3.05, 3.63) is 58.4 Å². The van der Waals surface area contributed by atoms with Crippen molar-refractivity contribution < 1.29 is 36.8 Å². The Morgan fingerprint density at radius 1 is 1.15 bits per heavy atom. The van der Waals surface area contributed by atoms with Crippen molar-refractivity contribution in [2.24, 2.45) is 5.92 Å². The average Bonchev–Trinajstić information content (AvgIpc) is 3.90. The Kier molecular flexibility index (Phi) is 10.7. The van der Waals surface area contributed by atoms with E-state index in [9.17, 15) is 27.2 Å². The number of thiazole rings is 1. The fourth-order valence-electron chi connectivity index (χ4n) is 7.36. The van der Waals surface area contributed by atoms with Gasteiger partial charge in [-0.25, -0.2) is 17.8 Å². The maximum Gasteiger partial charge on any atom is 0.259 e. The third-order valence-electron chi connectivity index (χ3n) is 10.8. The molecule has 7 rings (SSSR count). The van der Waals surface area contributed by atoms with Crippen LogP contribution in [0.2, 0.25) is 0 Å². The zero-order chi connectivity index (χ0) is 37.5. The lowest BCUT2D eigenvalue weighted by molar-refractivity contribution is -0.239. The molecule has 0 bridgehead atoms. The van der Waals surface area contributed by atoms with Crippen LogP contribution in [0.4, 0.5) is 9.52 Å². The van der Waals surface area contributed by atoms with Gasteiger partial charge in [0.15, 0.2) is 11.9 Å². The van der Waals surface area contributed by atoms with Gasteiger partial charge in [0.05, 0.1) is 30.1 Å². The molecule has 3 aliphatic heterocycles. The summed E-state index contributed by atoms with van der Waals surface area (Å²) in [6, 6.07) is 3.26. The van der Waals surface area contributed by atoms with Gasteiger partial charge in [-0.05, 0) is 50.2 Å². The molecule has 1 saturated heterocycles. The van der Waals surface area contributed by atoms with Crippen molar-refractivity contribution in [1.29, 1.82) is 0 Å². The van der Waals surface area contributed by atoms with Gasteiger partial charge in [-0.1, -0.05) is 57.9 Å². The lowest BCUT2D eigenvalue weighted by Crippen LogP contribution is -2.57. The Morgan fingerprint density at radius 2 is 1.96 bits per heavy atom. The maximum absolute atomic E-state index is 14.5. The summed E-state index contributed by atoms with van der Waals surface area (Å²) in [4.78, 5) is 54.6. The third kappa shape index (κ3) is 8.46. The number of amides is 3. The first-order chi connectivity index (χ1) is 25.2. The molecule has 5 atom stereocenters. The summed E-state index contributed by atoms with van der Waals surface area (Å²) in [5.74, 6) is -2.27. The number of hydrogen-bond donors (Lipinski definition) is 3. The monoisotopic (exact) mass is 772 g/mol. The predicted molar refractivity (Wildman–Crippen MR) is 196 cm³/mol. The van der Waals surface area contributed by atoms with Crippen LogP contribution in [0.5, 0.6) is 0 Å². The number of halogens is 1. The number of carbonyl (C=O) groups excluding carboxylic acids is 3. The summed E-state index contributed by atoms with van der Waals surface area (Å²) in [6.45, 7) is 6.81. The highest BCUT2D eigenvalue weighted by Crippen LogP contribution is 2.46. The molecule has 53 heavy (non-hydrogen) atoms. The van der Waals surface area contributed by atoms with Gasteiger partial charge in [-0.2, -0.15) is 5.06 Å². The molecule has 0 radical (unpaired) electrons. The minimum atomic E-state index is -3.86. The fourth-order valence-corrected chi connectivity index (χ4v) is 9.71. The highest BCUT2D eigenvalue weighted by atomic mass is 32.2. The lowest BCUT2D eigenvalue weighted by atomic mass is 9.93. The van der Waals surface area contributed by atoms with E-state index in [1.165, 1.54) is 22.3 Å². The summed E-state index contributed by atoms with van der Waals surface area (Å²) in [6.07, 6.45) is 8.44. The Balaban J connectivity index is 1.11. The molecule has 1 aromatic heterocycles. The van der Waals surface area contributed by atoms with E-state index in [-0.39, 0.29) is 55.8 Å². The van der Waals surface area contributed by atoms with Crippen LogP contribution < -0.4 is 15.4 Å². The number of rotatable bonds is 9. The summed E-state index contributed by atoms with van der Waals surface area (Å²) < 4.78 is 48.3. The van der Waals surface area contributed by atoms with Crippen LogP contribution in [-0.4, -0.2) is 83.4 Å². The molecule has 3 N–H and O–H groups in total. The Labute approximate surface area is 314 Å². The normalized spacial score (nSPS) is 28.9. The summed E-state index contributed by atoms with van der Waals surface area (Å²) in [5, 5.41) is 9.89. The van der Waals surface area contributed by atoms with E-state index >= 15 is 0 Å². The molecule has 2 saturated carbocycles. The van der Waals surface area contributed by atoms with Crippen LogP contribution >= 0.6 is 11.3 Å². The van der Waals surface area contributed by atoms with Crippen LogP contribution in [-0.2, 0) is 52.5 Å². The quantitative estimate of drug-likeness (QED) is 0.249. The molecule has 16 heteroatoms. The molecule has 288 valence electrons. The second-order valence-electron chi connectivity index (χ2n) is 16.0. The molecular weight excluding hydrogens is 724 g/mol. The SMILES string of the molecule is CC(C)(C)c1csc(N[C@H]2CCCCC/C=C\[C@@H]3C[C@@]3(C(=O)NS(=O)(=O)C3CC3)NC(=O)[C@@H]3C[C@@H](OCON4Cc5cccc(F)c5C4)CN3C2=O)n1. The van der Waals surface area contributed by atoms with Crippen LogP contribution in [0, 0.1) is 11.7 Å². The van der Waals surface area contributed by atoms with E-state index in [2.05, 4.69) is 36.1 Å². The van der Waals surface area contributed by atoms with Gasteiger partial charge in [0, 0.05) is 35.2 Å². The van der Waals surface area contributed by atoms with Crippen molar-refractivity contribution >= 4 is 44.2 Å². The molecule has 0 unspecified atom stereocenters. The number of nitrogens with zero attached hydrogens (tertiary/aromatic N) is 3. The van der Waals surface area contributed by atoms with Crippen molar-refractivity contribution in [3.63, 3.8) is 0 Å². The molecule has 1 aromatic carbocycles. The number of nitrogens with one attached hydrogen (secondary N) is 3. The lowest BCUT2D eigenvalue weighted by Gasteiger charge is -2.30. The van der Waals surface area contributed by atoms with Gasteiger partial charge >= 0.3 is 0 Å². The summed E-state index contributed by atoms with van der Waals surface area (Å²) in [7, 11) is -3.86. The zero-order valence-electron chi connectivity index (χ0n) is 30.4. The smallest absolute Gasteiger partial charge is 0.259 e. The Morgan fingerprint density at radius 3 is 2.70 bits per heavy atom. The van der Waals surface area contributed by atoms with Gasteiger partial charge in [0.25, 0.3) is 5.91 Å². The van der Waals surface area contributed by atoms with Gasteiger partial charge in [0.1, 0.15) is 23.4 Å². The van der Waals surface area contributed by atoms with E-state index in [4.69, 9.17) is 14.6 Å². The number of ether oxygens (including phenoxy) is 1.